The zero-order chi connectivity index (χ0) is 9.68. The summed E-state index contributed by atoms with van der Waals surface area (Å²) < 4.78 is 1.20. The Labute approximate surface area is 77.5 Å². The smallest absolute Gasteiger partial charge is 0.156 e. The third-order valence-electron chi connectivity index (χ3n) is 1.82. The Hall–Kier alpha value is -1.51. The fourth-order valence-corrected chi connectivity index (χ4v) is 1.09. The van der Waals surface area contributed by atoms with Crippen molar-refractivity contribution in [2.45, 2.75) is 13.5 Å². The van der Waals surface area contributed by atoms with Crippen LogP contribution in [-0.2, 0) is 6.54 Å². The Morgan fingerprint density at radius 1 is 1.54 bits per heavy atom. The first-order chi connectivity index (χ1) is 6.26. The zero-order valence-corrected chi connectivity index (χ0v) is 7.60. The van der Waals surface area contributed by atoms with E-state index in [1.165, 1.54) is 4.70 Å². The minimum Gasteiger partial charge on any atom is -0.506 e. The van der Waals surface area contributed by atoms with Crippen LogP contribution in [0.25, 0.3) is 5.53 Å². The summed E-state index contributed by atoms with van der Waals surface area (Å²) in [4.78, 5) is 10.4. The van der Waals surface area contributed by atoms with Crippen LogP contribution in [0.4, 0.5) is 0 Å². The molecule has 0 radical (unpaired) electrons. The van der Waals surface area contributed by atoms with Crippen LogP contribution in [0, 0.1) is 0 Å². The lowest BCUT2D eigenvalue weighted by Crippen LogP contribution is -2.05. The van der Waals surface area contributed by atoms with Gasteiger partial charge in [0.2, 0.25) is 0 Å². The molecule has 0 spiro atoms. The average molecular weight is 176 g/mol. The van der Waals surface area contributed by atoms with Gasteiger partial charge in [-0.05, 0) is 13.0 Å². The zero-order valence-electron chi connectivity index (χ0n) is 7.60. The third-order valence-corrected chi connectivity index (χ3v) is 1.82. The molecule has 13 heavy (non-hydrogen) atoms. The highest BCUT2D eigenvalue weighted by molar-refractivity contribution is 5.74. The predicted octanol–water partition coefficient (Wildman–Crippen LogP) is 2.05. The van der Waals surface area contributed by atoms with E-state index in [-0.39, 0.29) is 0 Å². The Morgan fingerprint density at radius 3 is 2.92 bits per heavy atom. The van der Waals surface area contributed by atoms with E-state index in [2.05, 4.69) is 0 Å². The van der Waals surface area contributed by atoms with Crippen LogP contribution in [0.3, 0.4) is 0 Å². The molecule has 1 rings (SSSR count). The normalized spacial score (nSPS) is 9.62. The SMILES string of the molecule is CC[N+](=[N-])Cc1cccc(C=O)c1. The molecule has 1 aromatic rings. The summed E-state index contributed by atoms with van der Waals surface area (Å²) in [5.74, 6) is 0. The summed E-state index contributed by atoms with van der Waals surface area (Å²) >= 11 is 0. The summed E-state index contributed by atoms with van der Waals surface area (Å²) in [5.41, 5.74) is 10.8. The molecule has 0 aromatic heterocycles. The van der Waals surface area contributed by atoms with Gasteiger partial charge in [0.1, 0.15) is 12.8 Å². The molecule has 0 aliphatic heterocycles. The van der Waals surface area contributed by atoms with Gasteiger partial charge in [0, 0.05) is 11.1 Å². The molecular weight excluding hydrogens is 164 g/mol. The molecule has 0 aliphatic carbocycles. The van der Waals surface area contributed by atoms with Crippen molar-refractivity contribution in [3.8, 4) is 0 Å². The minimum atomic E-state index is 0.457. The van der Waals surface area contributed by atoms with Crippen LogP contribution in [0.15, 0.2) is 24.3 Å². The lowest BCUT2D eigenvalue weighted by atomic mass is 10.1. The number of carbonyl (C=O) groups is 1. The minimum absolute atomic E-state index is 0.457. The van der Waals surface area contributed by atoms with Crippen LogP contribution in [0.5, 0.6) is 0 Å². The molecule has 68 valence electrons. The van der Waals surface area contributed by atoms with Crippen LogP contribution >= 0.6 is 0 Å². The van der Waals surface area contributed by atoms with Crippen molar-refractivity contribution in [3.05, 3.63) is 40.9 Å². The van der Waals surface area contributed by atoms with Crippen molar-refractivity contribution in [1.29, 1.82) is 0 Å². The summed E-state index contributed by atoms with van der Waals surface area (Å²) in [5, 5.41) is 0. The van der Waals surface area contributed by atoms with E-state index >= 15 is 0 Å². The molecule has 3 nitrogen and oxygen atoms in total. The van der Waals surface area contributed by atoms with Crippen molar-refractivity contribution in [1.82, 2.24) is 0 Å². The highest BCUT2D eigenvalue weighted by Gasteiger charge is 1.98. The second-order valence-corrected chi connectivity index (χ2v) is 2.84. The van der Waals surface area contributed by atoms with Gasteiger partial charge in [-0.25, -0.2) is 0 Å². The summed E-state index contributed by atoms with van der Waals surface area (Å²) in [6.45, 7) is 2.90. The van der Waals surface area contributed by atoms with Crippen molar-refractivity contribution in [2.24, 2.45) is 0 Å². The van der Waals surface area contributed by atoms with Gasteiger partial charge in [-0.1, -0.05) is 18.2 Å². The highest BCUT2D eigenvalue weighted by atomic mass is 16.1. The number of rotatable bonds is 4. The molecule has 0 fully saturated rings. The fourth-order valence-electron chi connectivity index (χ4n) is 1.09. The Morgan fingerprint density at radius 2 is 2.31 bits per heavy atom. The first kappa shape index (κ1) is 9.58. The Bertz CT molecular complexity index is 320. The molecule has 0 aliphatic rings. The highest BCUT2D eigenvalue weighted by Crippen LogP contribution is 2.04. The van der Waals surface area contributed by atoms with Crippen molar-refractivity contribution in [2.75, 3.05) is 6.54 Å². The molecule has 1 aromatic carbocycles. The van der Waals surface area contributed by atoms with Crippen molar-refractivity contribution >= 4 is 6.29 Å². The number of carbonyl (C=O) groups excluding carboxylic acids is 1. The molecule has 3 heteroatoms. The lowest BCUT2D eigenvalue weighted by Gasteiger charge is -2.04. The van der Waals surface area contributed by atoms with Gasteiger partial charge in [0.25, 0.3) is 0 Å². The predicted molar refractivity (Wildman–Crippen MR) is 49.7 cm³/mol. The molecule has 0 saturated heterocycles. The summed E-state index contributed by atoms with van der Waals surface area (Å²) in [7, 11) is 0. The van der Waals surface area contributed by atoms with Gasteiger partial charge in [-0.15, -0.1) is 0 Å². The van der Waals surface area contributed by atoms with Gasteiger partial charge < -0.3 is 10.2 Å². The number of hydrogen-bond acceptors (Lipinski definition) is 1. The fraction of sp³-hybridized carbons (Fsp3) is 0.300. The number of benzene rings is 1. The third kappa shape index (κ3) is 2.78. The van der Waals surface area contributed by atoms with Crippen LogP contribution in [0.1, 0.15) is 22.8 Å². The quantitative estimate of drug-likeness (QED) is 0.393. The molecule has 0 heterocycles. The average Bonchev–Trinajstić information content (AvgIpc) is 2.18. The van der Waals surface area contributed by atoms with Gasteiger partial charge in [0.05, 0.1) is 0 Å². The lowest BCUT2D eigenvalue weighted by molar-refractivity contribution is -0.561. The first-order valence-corrected chi connectivity index (χ1v) is 4.24. The maximum atomic E-state index is 10.4. The maximum Gasteiger partial charge on any atom is 0.156 e. The molecule has 0 saturated carbocycles. The second kappa shape index (κ2) is 4.50. The van der Waals surface area contributed by atoms with E-state index in [0.717, 1.165) is 11.8 Å². The molecule has 0 bridgehead atoms. The first-order valence-electron chi connectivity index (χ1n) is 4.24. The second-order valence-electron chi connectivity index (χ2n) is 2.84. The van der Waals surface area contributed by atoms with Gasteiger partial charge >= 0.3 is 0 Å². The molecular formula is C10H12N2O. The van der Waals surface area contributed by atoms with E-state index < -0.39 is 0 Å². The van der Waals surface area contributed by atoms with Crippen molar-refractivity contribution in [3.63, 3.8) is 0 Å². The van der Waals surface area contributed by atoms with E-state index in [1.54, 1.807) is 12.1 Å². The Kier molecular flexibility index (Phi) is 3.31. The summed E-state index contributed by atoms with van der Waals surface area (Å²) in [6.07, 6.45) is 0.803. The van der Waals surface area contributed by atoms with E-state index in [4.69, 9.17) is 0 Å². The monoisotopic (exact) mass is 176 g/mol. The Balaban J connectivity index is 2.77. The molecule has 0 N–H and O–H groups in total. The number of nitrogens with zero attached hydrogens (tertiary/aromatic N) is 2. The van der Waals surface area contributed by atoms with E-state index in [0.29, 0.717) is 18.7 Å². The summed E-state index contributed by atoms with van der Waals surface area (Å²) in [6, 6.07) is 7.20. The molecule has 0 amide bonds. The van der Waals surface area contributed by atoms with Crippen LogP contribution in [0.2, 0.25) is 0 Å². The number of aldehydes is 1. The van der Waals surface area contributed by atoms with Gasteiger partial charge in [-0.3, -0.25) is 4.79 Å². The largest absolute Gasteiger partial charge is 0.506 e. The van der Waals surface area contributed by atoms with E-state index in [9.17, 15) is 10.3 Å². The molecule has 0 unspecified atom stereocenters. The topological polar surface area (TPSA) is 42.4 Å². The van der Waals surface area contributed by atoms with Gasteiger partial charge in [0.15, 0.2) is 6.54 Å². The van der Waals surface area contributed by atoms with Crippen LogP contribution in [-0.4, -0.2) is 17.5 Å². The number of hydrogen-bond donors (Lipinski definition) is 0. The van der Waals surface area contributed by atoms with E-state index in [1.807, 2.05) is 19.1 Å². The van der Waals surface area contributed by atoms with Crippen molar-refractivity contribution < 1.29 is 9.49 Å². The standard InChI is InChI=1S/C10H12N2O/c1-2-12(11)7-9-4-3-5-10(6-9)8-13/h3-6,8H,2,7H2,1H3. The molecule has 0 atom stereocenters. The van der Waals surface area contributed by atoms with Gasteiger partial charge in [-0.2, -0.15) is 0 Å². The maximum absolute atomic E-state index is 10.4. The van der Waals surface area contributed by atoms with Crippen LogP contribution < -0.4 is 0 Å².